The minimum Gasteiger partial charge on any atom is -0.303 e. The summed E-state index contributed by atoms with van der Waals surface area (Å²) in [5.74, 6) is 1.04. The van der Waals surface area contributed by atoms with Crippen molar-refractivity contribution in [3.8, 4) is 0 Å². The second-order valence-electron chi connectivity index (χ2n) is 4.87. The van der Waals surface area contributed by atoms with Crippen LogP contribution in [0.4, 0.5) is 0 Å². The monoisotopic (exact) mass is 181 g/mol. The van der Waals surface area contributed by atoms with Gasteiger partial charge in [-0.1, -0.05) is 25.7 Å². The van der Waals surface area contributed by atoms with Crippen LogP contribution in [0.5, 0.6) is 0 Å². The standard InChI is InChI=1S/C12H23N/c1-2-4-8-12(7-3-1)11-13-9-5-6-10-13/h12H,1-11H2. The fraction of sp³-hybridized carbons (Fsp3) is 1.00. The number of hydrogen-bond acceptors (Lipinski definition) is 1. The van der Waals surface area contributed by atoms with Crippen molar-refractivity contribution in [3.05, 3.63) is 0 Å². The van der Waals surface area contributed by atoms with Gasteiger partial charge in [-0.15, -0.1) is 0 Å². The lowest BCUT2D eigenvalue weighted by atomic mass is 10.00. The first-order valence-corrected chi connectivity index (χ1v) is 6.17. The molecule has 1 heteroatoms. The molecule has 1 saturated heterocycles. The lowest BCUT2D eigenvalue weighted by molar-refractivity contribution is 0.261. The first-order chi connectivity index (χ1) is 6.45. The topological polar surface area (TPSA) is 3.24 Å². The van der Waals surface area contributed by atoms with E-state index in [1.54, 1.807) is 0 Å². The van der Waals surface area contributed by atoms with Crippen molar-refractivity contribution in [2.45, 2.75) is 51.4 Å². The molecule has 0 N–H and O–H groups in total. The van der Waals surface area contributed by atoms with Gasteiger partial charge in [-0.25, -0.2) is 0 Å². The van der Waals surface area contributed by atoms with Gasteiger partial charge in [0, 0.05) is 6.54 Å². The molecule has 0 unspecified atom stereocenters. The zero-order chi connectivity index (χ0) is 8.93. The van der Waals surface area contributed by atoms with Crippen LogP contribution < -0.4 is 0 Å². The summed E-state index contributed by atoms with van der Waals surface area (Å²) in [4.78, 5) is 2.69. The van der Waals surface area contributed by atoms with Gasteiger partial charge in [-0.05, 0) is 44.7 Å². The predicted octanol–water partition coefficient (Wildman–Crippen LogP) is 3.05. The van der Waals surface area contributed by atoms with E-state index < -0.39 is 0 Å². The van der Waals surface area contributed by atoms with E-state index in [9.17, 15) is 0 Å². The molecule has 0 atom stereocenters. The van der Waals surface area contributed by atoms with E-state index in [4.69, 9.17) is 0 Å². The van der Waals surface area contributed by atoms with Crippen molar-refractivity contribution < 1.29 is 0 Å². The van der Waals surface area contributed by atoms with Crippen LogP contribution in [0.3, 0.4) is 0 Å². The van der Waals surface area contributed by atoms with Crippen LogP contribution in [0.25, 0.3) is 0 Å². The lowest BCUT2D eigenvalue weighted by Gasteiger charge is -2.21. The molecule has 1 nitrogen and oxygen atoms in total. The van der Waals surface area contributed by atoms with E-state index in [1.807, 2.05) is 0 Å². The smallest absolute Gasteiger partial charge is 0.000966 e. The Morgan fingerprint density at radius 2 is 1.38 bits per heavy atom. The van der Waals surface area contributed by atoms with Gasteiger partial charge >= 0.3 is 0 Å². The molecule has 0 spiro atoms. The van der Waals surface area contributed by atoms with Gasteiger partial charge in [-0.2, -0.15) is 0 Å². The maximum Gasteiger partial charge on any atom is 0.000966 e. The predicted molar refractivity (Wildman–Crippen MR) is 56.9 cm³/mol. The summed E-state index contributed by atoms with van der Waals surface area (Å²) in [6.07, 6.45) is 11.9. The Bertz CT molecular complexity index is 130. The molecule has 76 valence electrons. The Hall–Kier alpha value is -0.0400. The zero-order valence-corrected chi connectivity index (χ0v) is 8.80. The molecule has 1 aliphatic heterocycles. The third-order valence-electron chi connectivity index (χ3n) is 3.69. The van der Waals surface area contributed by atoms with Crippen molar-refractivity contribution in [1.82, 2.24) is 4.90 Å². The van der Waals surface area contributed by atoms with Crippen molar-refractivity contribution in [3.63, 3.8) is 0 Å². The molecule has 1 saturated carbocycles. The molecule has 2 fully saturated rings. The number of rotatable bonds is 2. The molecule has 0 aromatic heterocycles. The number of nitrogens with zero attached hydrogens (tertiary/aromatic N) is 1. The summed E-state index contributed by atoms with van der Waals surface area (Å²) < 4.78 is 0. The first kappa shape index (κ1) is 9.51. The molecular formula is C12H23N. The second kappa shape index (κ2) is 4.99. The van der Waals surface area contributed by atoms with E-state index in [-0.39, 0.29) is 0 Å². The fourth-order valence-electron chi connectivity index (χ4n) is 2.88. The lowest BCUT2D eigenvalue weighted by Crippen LogP contribution is -2.26. The average molecular weight is 181 g/mol. The van der Waals surface area contributed by atoms with Gasteiger partial charge in [0.2, 0.25) is 0 Å². The minimum absolute atomic E-state index is 1.04. The van der Waals surface area contributed by atoms with Crippen molar-refractivity contribution in [2.24, 2.45) is 5.92 Å². The summed E-state index contributed by atoms with van der Waals surface area (Å²) >= 11 is 0. The fourth-order valence-corrected chi connectivity index (χ4v) is 2.88. The van der Waals surface area contributed by atoms with Crippen molar-refractivity contribution in [2.75, 3.05) is 19.6 Å². The van der Waals surface area contributed by atoms with Gasteiger partial charge in [0.25, 0.3) is 0 Å². The molecular weight excluding hydrogens is 158 g/mol. The Morgan fingerprint density at radius 1 is 0.769 bits per heavy atom. The van der Waals surface area contributed by atoms with E-state index in [1.165, 1.54) is 71.0 Å². The van der Waals surface area contributed by atoms with Gasteiger partial charge in [0.1, 0.15) is 0 Å². The molecule has 1 heterocycles. The van der Waals surface area contributed by atoms with Crippen LogP contribution in [0.15, 0.2) is 0 Å². The van der Waals surface area contributed by atoms with Gasteiger partial charge in [0.15, 0.2) is 0 Å². The van der Waals surface area contributed by atoms with E-state index in [0.717, 1.165) is 5.92 Å². The van der Waals surface area contributed by atoms with Gasteiger partial charge in [-0.3, -0.25) is 0 Å². The molecule has 2 aliphatic rings. The molecule has 0 amide bonds. The van der Waals surface area contributed by atoms with Gasteiger partial charge in [0.05, 0.1) is 0 Å². The highest BCUT2D eigenvalue weighted by Gasteiger charge is 2.18. The molecule has 0 aromatic rings. The summed E-state index contributed by atoms with van der Waals surface area (Å²) in [5, 5.41) is 0. The normalized spacial score (nSPS) is 27.7. The highest BCUT2D eigenvalue weighted by Crippen LogP contribution is 2.24. The quantitative estimate of drug-likeness (QED) is 0.592. The van der Waals surface area contributed by atoms with E-state index in [2.05, 4.69) is 4.90 Å². The Morgan fingerprint density at radius 3 is 2.00 bits per heavy atom. The van der Waals surface area contributed by atoms with Crippen LogP contribution in [0.2, 0.25) is 0 Å². The molecule has 2 rings (SSSR count). The molecule has 0 radical (unpaired) electrons. The molecule has 13 heavy (non-hydrogen) atoms. The van der Waals surface area contributed by atoms with Crippen molar-refractivity contribution >= 4 is 0 Å². The SMILES string of the molecule is C1CCCC(CN2CCCC2)CC1. The number of hydrogen-bond donors (Lipinski definition) is 0. The van der Waals surface area contributed by atoms with Crippen LogP contribution in [0, 0.1) is 5.92 Å². The summed E-state index contributed by atoms with van der Waals surface area (Å²) in [6.45, 7) is 4.19. The highest BCUT2D eigenvalue weighted by molar-refractivity contribution is 4.72. The largest absolute Gasteiger partial charge is 0.303 e. The van der Waals surface area contributed by atoms with Crippen LogP contribution in [-0.4, -0.2) is 24.5 Å². The third-order valence-corrected chi connectivity index (χ3v) is 3.69. The van der Waals surface area contributed by atoms with Crippen LogP contribution in [0.1, 0.15) is 51.4 Å². The van der Waals surface area contributed by atoms with Crippen LogP contribution >= 0.6 is 0 Å². The van der Waals surface area contributed by atoms with Gasteiger partial charge < -0.3 is 4.90 Å². The highest BCUT2D eigenvalue weighted by atomic mass is 15.1. The zero-order valence-electron chi connectivity index (χ0n) is 8.80. The maximum absolute atomic E-state index is 2.69. The Labute approximate surface area is 82.5 Å². The summed E-state index contributed by atoms with van der Waals surface area (Å²) in [5.41, 5.74) is 0. The summed E-state index contributed by atoms with van der Waals surface area (Å²) in [6, 6.07) is 0. The van der Waals surface area contributed by atoms with Crippen LogP contribution in [-0.2, 0) is 0 Å². The second-order valence-corrected chi connectivity index (χ2v) is 4.87. The molecule has 1 aliphatic carbocycles. The Balaban J connectivity index is 1.71. The minimum atomic E-state index is 1.04. The molecule has 0 bridgehead atoms. The van der Waals surface area contributed by atoms with E-state index >= 15 is 0 Å². The summed E-state index contributed by atoms with van der Waals surface area (Å²) in [7, 11) is 0. The average Bonchev–Trinajstić information content (AvgIpc) is 2.49. The molecule has 0 aromatic carbocycles. The van der Waals surface area contributed by atoms with E-state index in [0.29, 0.717) is 0 Å². The third kappa shape index (κ3) is 2.98. The van der Waals surface area contributed by atoms with Crippen molar-refractivity contribution in [1.29, 1.82) is 0 Å². The first-order valence-electron chi connectivity index (χ1n) is 6.17. The maximum atomic E-state index is 2.69. The number of likely N-dealkylation sites (tertiary alicyclic amines) is 1. The Kier molecular flexibility index (Phi) is 3.65.